The molecule has 0 amide bonds. The average Bonchev–Trinajstić information content (AvgIpc) is 2.53. The van der Waals surface area contributed by atoms with Gasteiger partial charge in [0, 0.05) is 10.7 Å². The minimum atomic E-state index is 0.602. The van der Waals surface area contributed by atoms with E-state index in [0.29, 0.717) is 4.73 Å². The molecule has 0 fully saturated rings. The van der Waals surface area contributed by atoms with Gasteiger partial charge in [-0.05, 0) is 55.5 Å². The first kappa shape index (κ1) is 9.23. The molecule has 66 valence electrons. The van der Waals surface area contributed by atoms with Crippen molar-refractivity contribution in [3.05, 3.63) is 27.5 Å². The fourth-order valence-electron chi connectivity index (χ4n) is 0.845. The van der Waals surface area contributed by atoms with E-state index < -0.39 is 0 Å². The number of hydrogen-bond donors (Lipinski definition) is 0. The van der Waals surface area contributed by atoms with Gasteiger partial charge in [-0.3, -0.25) is 4.98 Å². The largest absolute Gasteiger partial charge is 0.252 e. The van der Waals surface area contributed by atoms with Gasteiger partial charge in [-0.1, -0.05) is 0 Å². The van der Waals surface area contributed by atoms with Crippen molar-refractivity contribution in [1.29, 1.82) is 0 Å². The molecule has 13 heavy (non-hydrogen) atoms. The molecule has 0 saturated heterocycles. The first-order chi connectivity index (χ1) is 6.27. The number of pyridine rings is 1. The minimum absolute atomic E-state index is 0.602. The lowest BCUT2D eigenvalue weighted by molar-refractivity contribution is 1.22. The van der Waals surface area contributed by atoms with Gasteiger partial charge in [-0.15, -0.1) is 0 Å². The second-order valence-corrected chi connectivity index (χ2v) is 4.52. The molecule has 2 aromatic heterocycles. The summed E-state index contributed by atoms with van der Waals surface area (Å²) in [6, 6.07) is 3.79. The fourth-order valence-corrected chi connectivity index (χ4v) is 2.51. The van der Waals surface area contributed by atoms with E-state index in [-0.39, 0.29) is 0 Å². The van der Waals surface area contributed by atoms with Crippen molar-refractivity contribution in [3.8, 4) is 10.7 Å². The van der Waals surface area contributed by atoms with Crippen molar-refractivity contribution in [3.63, 3.8) is 0 Å². The van der Waals surface area contributed by atoms with E-state index in [1.165, 1.54) is 11.5 Å². The molecule has 0 saturated carbocycles. The molecule has 2 heterocycles. The van der Waals surface area contributed by atoms with Gasteiger partial charge in [-0.2, -0.15) is 4.37 Å². The van der Waals surface area contributed by atoms with Crippen LogP contribution in [0.2, 0.25) is 0 Å². The van der Waals surface area contributed by atoms with Gasteiger partial charge < -0.3 is 0 Å². The van der Waals surface area contributed by atoms with Crippen LogP contribution in [0.3, 0.4) is 0 Å². The SMILES string of the molecule is Brc1nsc(-c2ncccc2Br)n1. The molecule has 0 aliphatic carbocycles. The van der Waals surface area contributed by atoms with E-state index in [0.717, 1.165) is 15.2 Å². The van der Waals surface area contributed by atoms with Crippen LogP contribution in [-0.4, -0.2) is 14.3 Å². The Morgan fingerprint density at radius 1 is 1.31 bits per heavy atom. The lowest BCUT2D eigenvalue weighted by Crippen LogP contribution is -1.82. The summed E-state index contributed by atoms with van der Waals surface area (Å²) in [5.74, 6) is 0. The molecule has 0 bridgehead atoms. The summed E-state index contributed by atoms with van der Waals surface area (Å²) in [4.78, 5) is 8.38. The van der Waals surface area contributed by atoms with Gasteiger partial charge in [0.05, 0.1) is 0 Å². The molecule has 0 atom stereocenters. The first-order valence-electron chi connectivity index (χ1n) is 3.37. The lowest BCUT2D eigenvalue weighted by Gasteiger charge is -1.95. The molecule has 0 aliphatic rings. The van der Waals surface area contributed by atoms with E-state index in [9.17, 15) is 0 Å². The molecule has 0 unspecified atom stereocenters. The van der Waals surface area contributed by atoms with Crippen LogP contribution in [0.25, 0.3) is 10.7 Å². The fraction of sp³-hybridized carbons (Fsp3) is 0. The summed E-state index contributed by atoms with van der Waals surface area (Å²) in [6.07, 6.45) is 1.73. The summed E-state index contributed by atoms with van der Waals surface area (Å²) in [6.45, 7) is 0. The van der Waals surface area contributed by atoms with E-state index in [2.05, 4.69) is 46.2 Å². The Hall–Kier alpha value is -0.330. The van der Waals surface area contributed by atoms with Gasteiger partial charge in [-0.25, -0.2) is 4.98 Å². The summed E-state index contributed by atoms with van der Waals surface area (Å²) < 4.78 is 5.55. The Morgan fingerprint density at radius 3 is 2.77 bits per heavy atom. The van der Waals surface area contributed by atoms with Gasteiger partial charge in [0.15, 0.2) is 5.01 Å². The summed E-state index contributed by atoms with van der Waals surface area (Å²) in [5.41, 5.74) is 0.825. The number of halogens is 2. The predicted octanol–water partition coefficient (Wildman–Crippen LogP) is 3.13. The van der Waals surface area contributed by atoms with Crippen molar-refractivity contribution in [2.24, 2.45) is 0 Å². The molecule has 2 aromatic rings. The molecule has 2 rings (SSSR count). The summed E-state index contributed by atoms with van der Waals surface area (Å²) >= 11 is 7.92. The second-order valence-electron chi connectivity index (χ2n) is 2.20. The molecule has 0 aliphatic heterocycles. The van der Waals surface area contributed by atoms with Crippen molar-refractivity contribution in [2.45, 2.75) is 0 Å². The number of aromatic nitrogens is 3. The molecule has 0 spiro atoms. The Bertz CT molecular complexity index is 429. The van der Waals surface area contributed by atoms with Crippen LogP contribution in [0, 0.1) is 0 Å². The summed E-state index contributed by atoms with van der Waals surface area (Å²) in [5, 5.41) is 0.805. The van der Waals surface area contributed by atoms with Crippen LogP contribution < -0.4 is 0 Å². The van der Waals surface area contributed by atoms with Gasteiger partial charge in [0.25, 0.3) is 0 Å². The third-order valence-electron chi connectivity index (χ3n) is 1.36. The number of nitrogens with zero attached hydrogens (tertiary/aromatic N) is 3. The zero-order valence-electron chi connectivity index (χ0n) is 6.24. The van der Waals surface area contributed by atoms with Crippen molar-refractivity contribution >= 4 is 43.4 Å². The predicted molar refractivity (Wildman–Crippen MR) is 58.5 cm³/mol. The first-order valence-corrected chi connectivity index (χ1v) is 5.73. The van der Waals surface area contributed by atoms with E-state index in [4.69, 9.17) is 0 Å². The molecule has 0 aromatic carbocycles. The Balaban J connectivity index is 2.52. The highest BCUT2D eigenvalue weighted by Gasteiger charge is 2.08. The minimum Gasteiger partial charge on any atom is -0.252 e. The molecule has 3 nitrogen and oxygen atoms in total. The van der Waals surface area contributed by atoms with E-state index in [1.807, 2.05) is 12.1 Å². The summed E-state index contributed by atoms with van der Waals surface area (Å²) in [7, 11) is 0. The second kappa shape index (κ2) is 3.81. The lowest BCUT2D eigenvalue weighted by atomic mass is 10.4. The number of hydrogen-bond acceptors (Lipinski definition) is 4. The Morgan fingerprint density at radius 2 is 2.15 bits per heavy atom. The van der Waals surface area contributed by atoms with Crippen LogP contribution >= 0.6 is 43.4 Å². The molecule has 6 heteroatoms. The topological polar surface area (TPSA) is 38.7 Å². The molecular formula is C7H3Br2N3S. The Kier molecular flexibility index (Phi) is 2.71. The monoisotopic (exact) mass is 319 g/mol. The standard InChI is InChI=1S/C7H3Br2N3S/c8-4-2-1-3-10-5(4)6-11-7(9)12-13-6/h1-3H. The smallest absolute Gasteiger partial charge is 0.209 e. The van der Waals surface area contributed by atoms with E-state index in [1.54, 1.807) is 6.20 Å². The van der Waals surface area contributed by atoms with Crippen LogP contribution in [0.4, 0.5) is 0 Å². The highest BCUT2D eigenvalue weighted by molar-refractivity contribution is 9.10. The van der Waals surface area contributed by atoms with Gasteiger partial charge in [0.2, 0.25) is 4.73 Å². The maximum atomic E-state index is 4.20. The molecule has 0 radical (unpaired) electrons. The number of rotatable bonds is 1. The van der Waals surface area contributed by atoms with Crippen molar-refractivity contribution < 1.29 is 0 Å². The van der Waals surface area contributed by atoms with Crippen molar-refractivity contribution in [2.75, 3.05) is 0 Å². The Labute approximate surface area is 95.7 Å². The molecular weight excluding hydrogens is 318 g/mol. The van der Waals surface area contributed by atoms with Crippen LogP contribution in [0.5, 0.6) is 0 Å². The normalized spacial score (nSPS) is 10.3. The zero-order chi connectivity index (χ0) is 9.26. The van der Waals surface area contributed by atoms with Crippen LogP contribution in [-0.2, 0) is 0 Å². The van der Waals surface area contributed by atoms with Crippen LogP contribution in [0.1, 0.15) is 0 Å². The highest BCUT2D eigenvalue weighted by atomic mass is 79.9. The third-order valence-corrected chi connectivity index (χ3v) is 3.31. The van der Waals surface area contributed by atoms with Gasteiger partial charge >= 0.3 is 0 Å². The highest BCUT2D eigenvalue weighted by Crippen LogP contribution is 2.27. The maximum Gasteiger partial charge on any atom is 0.209 e. The average molecular weight is 321 g/mol. The molecule has 0 N–H and O–H groups in total. The van der Waals surface area contributed by atoms with E-state index >= 15 is 0 Å². The quantitative estimate of drug-likeness (QED) is 0.810. The van der Waals surface area contributed by atoms with Gasteiger partial charge in [0.1, 0.15) is 5.69 Å². The zero-order valence-corrected chi connectivity index (χ0v) is 10.2. The van der Waals surface area contributed by atoms with Crippen molar-refractivity contribution in [1.82, 2.24) is 14.3 Å². The maximum absolute atomic E-state index is 4.20. The van der Waals surface area contributed by atoms with Crippen LogP contribution in [0.15, 0.2) is 27.5 Å². The third kappa shape index (κ3) is 1.95.